The van der Waals surface area contributed by atoms with E-state index in [1.54, 1.807) is 6.20 Å². The average molecular weight is 393 g/mol. The van der Waals surface area contributed by atoms with Crippen molar-refractivity contribution in [3.05, 3.63) is 54.8 Å². The lowest BCUT2D eigenvalue weighted by Gasteiger charge is -2.37. The Bertz CT molecular complexity index is 898. The normalized spacial score (nSPS) is 15.9. The predicted octanol–water partition coefficient (Wildman–Crippen LogP) is 3.63. The number of aromatic nitrogens is 4. The number of hydrogen-bond acceptors (Lipinski definition) is 5. The molecule has 1 N–H and O–H groups in total. The Morgan fingerprint density at radius 3 is 2.72 bits per heavy atom. The van der Waals surface area contributed by atoms with E-state index in [-0.39, 0.29) is 11.3 Å². The molecule has 0 saturated heterocycles. The standard InChI is InChI=1S/C22H27N5O2/c28-19(16-22(10-3-1-4-11-22)17-27-14-6-7-15-27)24-13-9-20-25-21(26-29-20)18-8-2-5-12-23-18/h2,5-8,12,14-15H,1,3-4,9-11,13,16-17H2,(H,24,28). The number of rotatable bonds is 8. The smallest absolute Gasteiger partial charge is 0.228 e. The fourth-order valence-electron chi connectivity index (χ4n) is 4.22. The van der Waals surface area contributed by atoms with Crippen molar-refractivity contribution in [3.8, 4) is 11.5 Å². The van der Waals surface area contributed by atoms with Gasteiger partial charge in [-0.3, -0.25) is 9.78 Å². The number of amides is 1. The summed E-state index contributed by atoms with van der Waals surface area (Å²) in [6.07, 6.45) is 12.8. The van der Waals surface area contributed by atoms with E-state index in [4.69, 9.17) is 4.52 Å². The summed E-state index contributed by atoms with van der Waals surface area (Å²) in [5, 5.41) is 7.01. The molecule has 1 fully saturated rings. The second kappa shape index (κ2) is 9.03. The third-order valence-corrected chi connectivity index (χ3v) is 5.66. The van der Waals surface area contributed by atoms with Gasteiger partial charge in [0.05, 0.1) is 0 Å². The summed E-state index contributed by atoms with van der Waals surface area (Å²) in [7, 11) is 0. The maximum absolute atomic E-state index is 12.7. The highest BCUT2D eigenvalue weighted by Gasteiger charge is 2.34. The summed E-state index contributed by atoms with van der Waals surface area (Å²) in [4.78, 5) is 21.2. The number of nitrogens with zero attached hydrogens (tertiary/aromatic N) is 4. The highest BCUT2D eigenvalue weighted by Crippen LogP contribution is 2.40. The van der Waals surface area contributed by atoms with Crippen LogP contribution >= 0.6 is 0 Å². The van der Waals surface area contributed by atoms with E-state index in [2.05, 4.69) is 37.4 Å². The van der Waals surface area contributed by atoms with Crippen LogP contribution < -0.4 is 5.32 Å². The van der Waals surface area contributed by atoms with Crippen molar-refractivity contribution >= 4 is 5.91 Å². The molecule has 29 heavy (non-hydrogen) atoms. The summed E-state index contributed by atoms with van der Waals surface area (Å²) in [5.41, 5.74) is 0.730. The van der Waals surface area contributed by atoms with Gasteiger partial charge in [0, 0.05) is 44.5 Å². The molecule has 1 saturated carbocycles. The van der Waals surface area contributed by atoms with Crippen molar-refractivity contribution in [2.45, 2.75) is 51.5 Å². The number of hydrogen-bond donors (Lipinski definition) is 1. The Kier molecular flexibility index (Phi) is 6.03. The van der Waals surface area contributed by atoms with Gasteiger partial charge in [0.1, 0.15) is 5.69 Å². The number of carbonyl (C=O) groups is 1. The molecule has 7 heteroatoms. The lowest BCUT2D eigenvalue weighted by molar-refractivity contribution is -0.124. The maximum Gasteiger partial charge on any atom is 0.228 e. The zero-order valence-electron chi connectivity index (χ0n) is 16.6. The molecule has 3 aromatic heterocycles. The summed E-state index contributed by atoms with van der Waals surface area (Å²) < 4.78 is 7.49. The molecule has 4 rings (SSSR count). The van der Waals surface area contributed by atoms with Crippen LogP contribution in [0.5, 0.6) is 0 Å². The second-order valence-electron chi connectivity index (χ2n) is 7.92. The van der Waals surface area contributed by atoms with E-state index in [1.807, 2.05) is 30.3 Å². The molecule has 1 aliphatic rings. The zero-order valence-corrected chi connectivity index (χ0v) is 16.6. The fraction of sp³-hybridized carbons (Fsp3) is 0.455. The van der Waals surface area contributed by atoms with Crippen LogP contribution in [0, 0.1) is 5.41 Å². The first-order valence-electron chi connectivity index (χ1n) is 10.3. The van der Waals surface area contributed by atoms with Gasteiger partial charge in [-0.25, -0.2) is 0 Å². The Balaban J connectivity index is 1.29. The van der Waals surface area contributed by atoms with Crippen LogP contribution in [0.4, 0.5) is 0 Å². The van der Waals surface area contributed by atoms with Crippen molar-refractivity contribution in [3.63, 3.8) is 0 Å². The first-order valence-corrected chi connectivity index (χ1v) is 10.3. The van der Waals surface area contributed by atoms with Crippen LogP contribution in [-0.4, -0.2) is 32.1 Å². The summed E-state index contributed by atoms with van der Waals surface area (Å²) in [6, 6.07) is 9.65. The van der Waals surface area contributed by atoms with Crippen molar-refractivity contribution < 1.29 is 9.32 Å². The molecule has 1 aliphatic carbocycles. The highest BCUT2D eigenvalue weighted by molar-refractivity contribution is 5.76. The molecule has 3 heterocycles. The van der Waals surface area contributed by atoms with Crippen molar-refractivity contribution in [1.29, 1.82) is 0 Å². The minimum Gasteiger partial charge on any atom is -0.356 e. The first kappa shape index (κ1) is 19.4. The molecule has 0 unspecified atom stereocenters. The second-order valence-corrected chi connectivity index (χ2v) is 7.92. The molecule has 7 nitrogen and oxygen atoms in total. The Hall–Kier alpha value is -2.96. The highest BCUT2D eigenvalue weighted by atomic mass is 16.5. The zero-order chi connectivity index (χ0) is 19.9. The maximum atomic E-state index is 12.7. The quantitative estimate of drug-likeness (QED) is 0.631. The van der Waals surface area contributed by atoms with Gasteiger partial charge in [-0.2, -0.15) is 4.98 Å². The van der Waals surface area contributed by atoms with Crippen LogP contribution in [0.25, 0.3) is 11.5 Å². The molecule has 0 radical (unpaired) electrons. The SMILES string of the molecule is O=C(CC1(Cn2cccc2)CCCCC1)NCCc1nc(-c2ccccn2)no1. The van der Waals surface area contributed by atoms with Gasteiger partial charge in [-0.05, 0) is 42.5 Å². The lowest BCUT2D eigenvalue weighted by atomic mass is 9.71. The van der Waals surface area contributed by atoms with E-state index in [0.717, 1.165) is 19.4 Å². The van der Waals surface area contributed by atoms with Gasteiger partial charge in [-0.1, -0.05) is 30.5 Å². The van der Waals surface area contributed by atoms with Crippen LogP contribution in [0.3, 0.4) is 0 Å². The molecular formula is C22H27N5O2. The van der Waals surface area contributed by atoms with Crippen molar-refractivity contribution in [2.24, 2.45) is 5.41 Å². The van der Waals surface area contributed by atoms with Crippen LogP contribution in [0.2, 0.25) is 0 Å². The molecule has 152 valence electrons. The van der Waals surface area contributed by atoms with Crippen molar-refractivity contribution in [2.75, 3.05) is 6.54 Å². The Morgan fingerprint density at radius 1 is 1.14 bits per heavy atom. The average Bonchev–Trinajstić information content (AvgIpc) is 3.41. The predicted molar refractivity (Wildman–Crippen MR) is 109 cm³/mol. The Morgan fingerprint density at radius 2 is 1.97 bits per heavy atom. The van der Waals surface area contributed by atoms with E-state index in [0.29, 0.717) is 36.8 Å². The minimum absolute atomic E-state index is 0.0536. The van der Waals surface area contributed by atoms with Gasteiger partial charge >= 0.3 is 0 Å². The third-order valence-electron chi connectivity index (χ3n) is 5.66. The molecule has 0 atom stereocenters. The van der Waals surface area contributed by atoms with Gasteiger partial charge < -0.3 is 14.4 Å². The van der Waals surface area contributed by atoms with E-state index < -0.39 is 0 Å². The number of carbonyl (C=O) groups excluding carboxylic acids is 1. The van der Waals surface area contributed by atoms with Gasteiger partial charge in [-0.15, -0.1) is 0 Å². The fourth-order valence-corrected chi connectivity index (χ4v) is 4.22. The van der Waals surface area contributed by atoms with E-state index in [9.17, 15) is 4.79 Å². The topological polar surface area (TPSA) is 85.8 Å². The molecule has 0 aliphatic heterocycles. The summed E-state index contributed by atoms with van der Waals surface area (Å²) in [6.45, 7) is 1.40. The number of nitrogens with one attached hydrogen (secondary N) is 1. The molecule has 0 spiro atoms. The number of pyridine rings is 1. The van der Waals surface area contributed by atoms with Crippen LogP contribution in [-0.2, 0) is 17.8 Å². The molecular weight excluding hydrogens is 366 g/mol. The molecule has 3 aromatic rings. The molecule has 1 amide bonds. The van der Waals surface area contributed by atoms with Crippen LogP contribution in [0.1, 0.15) is 44.4 Å². The monoisotopic (exact) mass is 393 g/mol. The molecule has 0 aromatic carbocycles. The molecule has 0 bridgehead atoms. The van der Waals surface area contributed by atoms with E-state index >= 15 is 0 Å². The van der Waals surface area contributed by atoms with Gasteiger partial charge in [0.2, 0.25) is 17.6 Å². The largest absolute Gasteiger partial charge is 0.356 e. The first-order chi connectivity index (χ1) is 14.2. The minimum atomic E-state index is 0.0536. The summed E-state index contributed by atoms with van der Waals surface area (Å²) in [5.74, 6) is 1.08. The van der Waals surface area contributed by atoms with Gasteiger partial charge in [0.25, 0.3) is 0 Å². The third kappa shape index (κ3) is 5.10. The Labute approximate surface area is 170 Å². The van der Waals surface area contributed by atoms with Crippen molar-refractivity contribution in [1.82, 2.24) is 25.0 Å². The van der Waals surface area contributed by atoms with Gasteiger partial charge in [0.15, 0.2) is 0 Å². The lowest BCUT2D eigenvalue weighted by Crippen LogP contribution is -2.37. The van der Waals surface area contributed by atoms with E-state index in [1.165, 1.54) is 19.3 Å². The summed E-state index contributed by atoms with van der Waals surface area (Å²) >= 11 is 0. The van der Waals surface area contributed by atoms with Crippen LogP contribution in [0.15, 0.2) is 53.4 Å².